The highest BCUT2D eigenvalue weighted by Crippen LogP contribution is 2.23. The maximum Gasteiger partial charge on any atom is 0.306 e. The average Bonchev–Trinajstić information content (AvgIpc) is 3.02. The Morgan fingerprint density at radius 2 is 1.96 bits per heavy atom. The van der Waals surface area contributed by atoms with Gasteiger partial charge in [-0.2, -0.15) is 4.98 Å². The van der Waals surface area contributed by atoms with Crippen molar-refractivity contribution in [1.29, 1.82) is 0 Å². The third-order valence-electron chi connectivity index (χ3n) is 4.15. The van der Waals surface area contributed by atoms with Gasteiger partial charge in [0, 0.05) is 12.0 Å². The number of hydrogen-bond acceptors (Lipinski definition) is 6. The Hall–Kier alpha value is -2.50. The average molecular weight is 328 g/mol. The number of hydrogen-bond donors (Lipinski definition) is 0. The van der Waals surface area contributed by atoms with E-state index in [0.717, 1.165) is 12.8 Å². The zero-order valence-corrected chi connectivity index (χ0v) is 13.7. The van der Waals surface area contributed by atoms with Crippen molar-refractivity contribution in [3.05, 3.63) is 46.6 Å². The van der Waals surface area contributed by atoms with Crippen LogP contribution < -0.4 is 0 Å². The summed E-state index contributed by atoms with van der Waals surface area (Å²) < 4.78 is 9.89. The van der Waals surface area contributed by atoms with Crippen molar-refractivity contribution in [3.63, 3.8) is 0 Å². The lowest BCUT2D eigenvalue weighted by molar-refractivity contribution is -0.145. The van der Waals surface area contributed by atoms with Crippen LogP contribution in [0.2, 0.25) is 0 Å². The highest BCUT2D eigenvalue weighted by atomic mass is 16.6. The van der Waals surface area contributed by atoms with Crippen molar-refractivity contribution in [2.24, 2.45) is 0 Å². The van der Waals surface area contributed by atoms with Gasteiger partial charge in [-0.1, -0.05) is 17.3 Å². The van der Waals surface area contributed by atoms with Gasteiger partial charge in [-0.3, -0.25) is 9.59 Å². The molecular weight excluding hydrogens is 308 g/mol. The molecule has 0 unspecified atom stereocenters. The molecule has 2 aromatic rings. The normalized spacial score (nSPS) is 13.4. The quantitative estimate of drug-likeness (QED) is 0.599. The summed E-state index contributed by atoms with van der Waals surface area (Å²) in [6.45, 7) is 1.62. The van der Waals surface area contributed by atoms with Crippen molar-refractivity contribution in [3.8, 4) is 0 Å². The highest BCUT2D eigenvalue weighted by Gasteiger charge is 2.15. The van der Waals surface area contributed by atoms with Crippen LogP contribution in [0, 0.1) is 6.92 Å². The van der Waals surface area contributed by atoms with Gasteiger partial charge in [0.1, 0.15) is 0 Å². The van der Waals surface area contributed by atoms with Gasteiger partial charge in [0.2, 0.25) is 0 Å². The fraction of sp³-hybridized carbons (Fsp3) is 0.444. The van der Waals surface area contributed by atoms with Crippen LogP contribution in [-0.2, 0) is 29.0 Å². The molecule has 1 aliphatic carbocycles. The Morgan fingerprint density at radius 1 is 1.17 bits per heavy atom. The molecule has 0 atom stereocenters. The largest absolute Gasteiger partial charge is 0.456 e. The predicted molar refractivity (Wildman–Crippen MR) is 85.5 cm³/mol. The van der Waals surface area contributed by atoms with Crippen molar-refractivity contribution >= 4 is 11.8 Å². The molecular formula is C18H20N2O4. The summed E-state index contributed by atoms with van der Waals surface area (Å²) in [4.78, 5) is 27.9. The minimum Gasteiger partial charge on any atom is -0.456 e. The maximum atomic E-state index is 12.3. The number of carbonyl (C=O) groups excluding carboxylic acids is 2. The molecule has 1 aliphatic rings. The Kier molecular flexibility index (Phi) is 5.03. The summed E-state index contributed by atoms with van der Waals surface area (Å²) in [6.07, 6.45) is 4.69. The molecule has 0 spiro atoms. The van der Waals surface area contributed by atoms with Gasteiger partial charge in [-0.15, -0.1) is 0 Å². The summed E-state index contributed by atoms with van der Waals surface area (Å²) in [6, 6.07) is 5.88. The number of nitrogens with zero attached hydrogens (tertiary/aromatic N) is 2. The fourth-order valence-electron chi connectivity index (χ4n) is 2.88. The number of ether oxygens (including phenoxy) is 1. The summed E-state index contributed by atoms with van der Waals surface area (Å²) in [7, 11) is 0. The number of aryl methyl sites for hydroxylation is 3. The molecule has 6 nitrogen and oxygen atoms in total. The number of aromatic nitrogens is 2. The minimum atomic E-state index is -0.447. The van der Waals surface area contributed by atoms with E-state index in [1.807, 2.05) is 18.2 Å². The number of Topliss-reactive ketones (excluding diaryl/α,β-unsaturated/α-hetero) is 1. The van der Waals surface area contributed by atoms with Crippen LogP contribution in [0.1, 0.15) is 58.9 Å². The Bertz CT molecular complexity index is 751. The molecule has 0 bridgehead atoms. The third kappa shape index (κ3) is 4.07. The van der Waals surface area contributed by atoms with Crippen LogP contribution in [0.4, 0.5) is 0 Å². The molecule has 0 aliphatic heterocycles. The molecule has 0 amide bonds. The van der Waals surface area contributed by atoms with Gasteiger partial charge >= 0.3 is 5.97 Å². The number of rotatable bonds is 6. The lowest BCUT2D eigenvalue weighted by atomic mass is 9.89. The maximum absolute atomic E-state index is 12.3. The highest BCUT2D eigenvalue weighted by molar-refractivity contribution is 5.97. The smallest absolute Gasteiger partial charge is 0.306 e. The Balaban J connectivity index is 1.49. The SMILES string of the molecule is Cc1noc(COC(=O)CCC(=O)c2ccc3c(c2)CCCC3)n1. The summed E-state index contributed by atoms with van der Waals surface area (Å²) in [5.74, 6) is 0.261. The van der Waals surface area contributed by atoms with Crippen LogP contribution in [0.3, 0.4) is 0 Å². The van der Waals surface area contributed by atoms with E-state index in [0.29, 0.717) is 11.4 Å². The number of fused-ring (bicyclic) bond motifs is 1. The molecule has 126 valence electrons. The van der Waals surface area contributed by atoms with Crippen molar-refractivity contribution in [1.82, 2.24) is 10.1 Å². The molecule has 1 aromatic heterocycles. The lowest BCUT2D eigenvalue weighted by Crippen LogP contribution is -2.10. The van der Waals surface area contributed by atoms with Crippen LogP contribution in [0.15, 0.2) is 22.7 Å². The van der Waals surface area contributed by atoms with Crippen LogP contribution in [-0.4, -0.2) is 21.9 Å². The Morgan fingerprint density at radius 3 is 2.71 bits per heavy atom. The zero-order valence-electron chi connectivity index (χ0n) is 13.7. The summed E-state index contributed by atoms with van der Waals surface area (Å²) >= 11 is 0. The second kappa shape index (κ2) is 7.38. The van der Waals surface area contributed by atoms with Crippen LogP contribution >= 0.6 is 0 Å². The molecule has 0 N–H and O–H groups in total. The third-order valence-corrected chi connectivity index (χ3v) is 4.15. The lowest BCUT2D eigenvalue weighted by Gasteiger charge is -2.16. The van der Waals surface area contributed by atoms with E-state index in [4.69, 9.17) is 9.26 Å². The van der Waals surface area contributed by atoms with Gasteiger partial charge < -0.3 is 9.26 Å². The van der Waals surface area contributed by atoms with Crippen molar-refractivity contribution in [2.75, 3.05) is 0 Å². The monoisotopic (exact) mass is 328 g/mol. The first-order valence-corrected chi connectivity index (χ1v) is 8.21. The first kappa shape index (κ1) is 16.4. The van der Waals surface area contributed by atoms with Gasteiger partial charge in [0.05, 0.1) is 6.42 Å². The molecule has 0 fully saturated rings. The number of carbonyl (C=O) groups is 2. The second-order valence-electron chi connectivity index (χ2n) is 6.01. The predicted octanol–water partition coefficient (Wildman–Crippen LogP) is 2.96. The zero-order chi connectivity index (χ0) is 16.9. The molecule has 1 aromatic carbocycles. The van der Waals surface area contributed by atoms with E-state index < -0.39 is 5.97 Å². The van der Waals surface area contributed by atoms with Gasteiger partial charge in [0.15, 0.2) is 18.2 Å². The Labute approximate surface area is 140 Å². The summed E-state index contributed by atoms with van der Waals surface area (Å²) in [5.41, 5.74) is 3.28. The fourth-order valence-corrected chi connectivity index (χ4v) is 2.88. The van der Waals surface area contributed by atoms with E-state index in [2.05, 4.69) is 10.1 Å². The van der Waals surface area contributed by atoms with E-state index in [-0.39, 0.29) is 31.1 Å². The van der Waals surface area contributed by atoms with Gasteiger partial charge in [-0.25, -0.2) is 0 Å². The standard InChI is InChI=1S/C18H20N2O4/c1-12-19-17(24-20-12)11-23-18(22)9-8-16(21)15-7-6-13-4-2-3-5-14(13)10-15/h6-7,10H,2-5,8-9,11H2,1H3. The molecule has 3 rings (SSSR count). The van der Waals surface area contributed by atoms with E-state index in [1.54, 1.807) is 6.92 Å². The number of ketones is 1. The van der Waals surface area contributed by atoms with Crippen molar-refractivity contribution in [2.45, 2.75) is 52.1 Å². The van der Waals surface area contributed by atoms with Gasteiger partial charge in [0.25, 0.3) is 5.89 Å². The van der Waals surface area contributed by atoms with E-state index in [1.165, 1.54) is 24.0 Å². The molecule has 1 heterocycles. The number of esters is 1. The molecule has 0 radical (unpaired) electrons. The molecule has 6 heteroatoms. The van der Waals surface area contributed by atoms with E-state index in [9.17, 15) is 9.59 Å². The topological polar surface area (TPSA) is 82.3 Å². The van der Waals surface area contributed by atoms with Gasteiger partial charge in [-0.05, 0) is 49.8 Å². The van der Waals surface area contributed by atoms with Crippen LogP contribution in [0.25, 0.3) is 0 Å². The number of benzene rings is 1. The van der Waals surface area contributed by atoms with E-state index >= 15 is 0 Å². The minimum absolute atomic E-state index is 0.0334. The summed E-state index contributed by atoms with van der Waals surface area (Å²) in [5, 5.41) is 3.61. The second-order valence-corrected chi connectivity index (χ2v) is 6.01. The molecule has 0 saturated heterocycles. The first-order valence-electron chi connectivity index (χ1n) is 8.21. The van der Waals surface area contributed by atoms with Crippen molar-refractivity contribution < 1.29 is 18.8 Å². The molecule has 24 heavy (non-hydrogen) atoms. The van der Waals surface area contributed by atoms with Crippen LogP contribution in [0.5, 0.6) is 0 Å². The first-order chi connectivity index (χ1) is 11.6. The molecule has 0 saturated carbocycles.